The molecule has 2 N–H and O–H groups in total. The number of phenols is 1. The van der Waals surface area contributed by atoms with Crippen LogP contribution in [0.4, 0.5) is 4.39 Å². The fourth-order valence-electron chi connectivity index (χ4n) is 2.11. The number of carbonyl (C=O) groups excluding carboxylic acids is 1. The van der Waals surface area contributed by atoms with Gasteiger partial charge in [0.05, 0.1) is 12.1 Å². The molecular formula is C17H18FNO2. The molecule has 0 aromatic heterocycles. The summed E-state index contributed by atoms with van der Waals surface area (Å²) < 4.78 is 13.4. The molecule has 2 aromatic rings. The average molecular weight is 287 g/mol. The summed E-state index contributed by atoms with van der Waals surface area (Å²) in [5, 5.41) is 12.4. The number of hydrogen-bond donors (Lipinski definition) is 2. The van der Waals surface area contributed by atoms with Gasteiger partial charge >= 0.3 is 0 Å². The van der Waals surface area contributed by atoms with Crippen LogP contribution in [-0.2, 0) is 6.42 Å². The van der Waals surface area contributed by atoms with Gasteiger partial charge in [-0.2, -0.15) is 0 Å². The summed E-state index contributed by atoms with van der Waals surface area (Å²) in [4.78, 5) is 11.8. The summed E-state index contributed by atoms with van der Waals surface area (Å²) >= 11 is 0. The van der Waals surface area contributed by atoms with Gasteiger partial charge in [0.25, 0.3) is 0 Å². The quantitative estimate of drug-likeness (QED) is 0.608. The second kappa shape index (κ2) is 7.55. The third-order valence-electron chi connectivity index (χ3n) is 3.19. The van der Waals surface area contributed by atoms with E-state index in [4.69, 9.17) is 0 Å². The SMILES string of the molecule is O=C(CNCCCc1cccc(O)c1)c1ccccc1F. The first-order chi connectivity index (χ1) is 10.2. The van der Waals surface area contributed by atoms with Crippen molar-refractivity contribution in [3.8, 4) is 5.75 Å². The van der Waals surface area contributed by atoms with E-state index >= 15 is 0 Å². The number of benzene rings is 2. The van der Waals surface area contributed by atoms with Crippen molar-refractivity contribution >= 4 is 5.78 Å². The molecule has 0 saturated carbocycles. The Labute approximate surface area is 123 Å². The Bertz CT molecular complexity index is 613. The van der Waals surface area contributed by atoms with Gasteiger partial charge in [-0.15, -0.1) is 0 Å². The summed E-state index contributed by atoms with van der Waals surface area (Å²) in [7, 11) is 0. The molecule has 0 heterocycles. The van der Waals surface area contributed by atoms with Crippen LogP contribution in [0.15, 0.2) is 48.5 Å². The molecule has 0 unspecified atom stereocenters. The normalized spacial score (nSPS) is 10.5. The van der Waals surface area contributed by atoms with Gasteiger partial charge in [0.2, 0.25) is 0 Å². The van der Waals surface area contributed by atoms with Crippen LogP contribution >= 0.6 is 0 Å². The summed E-state index contributed by atoms with van der Waals surface area (Å²) in [6.45, 7) is 0.789. The molecule has 3 nitrogen and oxygen atoms in total. The number of phenolic OH excluding ortho intramolecular Hbond substituents is 1. The van der Waals surface area contributed by atoms with Gasteiger partial charge in [0, 0.05) is 0 Å². The maximum Gasteiger partial charge on any atom is 0.179 e. The van der Waals surface area contributed by atoms with Gasteiger partial charge in [0.15, 0.2) is 5.78 Å². The van der Waals surface area contributed by atoms with Crippen LogP contribution in [0.25, 0.3) is 0 Å². The van der Waals surface area contributed by atoms with Gasteiger partial charge in [-0.1, -0.05) is 24.3 Å². The molecule has 0 saturated heterocycles. The first-order valence-electron chi connectivity index (χ1n) is 6.93. The van der Waals surface area contributed by atoms with Gasteiger partial charge in [-0.3, -0.25) is 4.79 Å². The highest BCUT2D eigenvalue weighted by Gasteiger charge is 2.09. The van der Waals surface area contributed by atoms with E-state index in [0.29, 0.717) is 6.54 Å². The lowest BCUT2D eigenvalue weighted by atomic mass is 10.1. The fraction of sp³-hybridized carbons (Fsp3) is 0.235. The van der Waals surface area contributed by atoms with E-state index in [1.54, 1.807) is 30.3 Å². The maximum atomic E-state index is 13.4. The molecule has 0 aliphatic rings. The smallest absolute Gasteiger partial charge is 0.179 e. The summed E-state index contributed by atoms with van der Waals surface area (Å²) in [6.07, 6.45) is 1.66. The first kappa shape index (κ1) is 15.2. The third kappa shape index (κ3) is 4.68. The Hall–Kier alpha value is -2.20. The third-order valence-corrected chi connectivity index (χ3v) is 3.19. The summed E-state index contributed by atoms with van der Waals surface area (Å²) in [5.41, 5.74) is 1.18. The number of nitrogens with one attached hydrogen (secondary N) is 1. The Morgan fingerprint density at radius 3 is 2.71 bits per heavy atom. The molecule has 0 bridgehead atoms. The zero-order valence-electron chi connectivity index (χ0n) is 11.7. The molecule has 0 radical (unpaired) electrons. The lowest BCUT2D eigenvalue weighted by Crippen LogP contribution is -2.25. The second-order valence-electron chi connectivity index (χ2n) is 4.85. The van der Waals surface area contributed by atoms with Gasteiger partial charge in [-0.05, 0) is 49.2 Å². The number of aromatic hydroxyl groups is 1. The van der Waals surface area contributed by atoms with Crippen molar-refractivity contribution < 1.29 is 14.3 Å². The molecule has 4 heteroatoms. The zero-order valence-corrected chi connectivity index (χ0v) is 11.7. The average Bonchev–Trinajstić information content (AvgIpc) is 2.47. The fourth-order valence-corrected chi connectivity index (χ4v) is 2.11. The molecule has 0 amide bonds. The van der Waals surface area contributed by atoms with Crippen LogP contribution in [0, 0.1) is 5.82 Å². The lowest BCUT2D eigenvalue weighted by molar-refractivity contribution is 0.0987. The number of carbonyl (C=O) groups is 1. The van der Waals surface area contributed by atoms with Gasteiger partial charge < -0.3 is 10.4 Å². The van der Waals surface area contributed by atoms with E-state index in [0.717, 1.165) is 18.4 Å². The predicted molar refractivity (Wildman–Crippen MR) is 80.0 cm³/mol. The van der Waals surface area contributed by atoms with Crippen molar-refractivity contribution in [2.75, 3.05) is 13.1 Å². The number of ketones is 1. The van der Waals surface area contributed by atoms with E-state index in [2.05, 4.69) is 5.32 Å². The minimum Gasteiger partial charge on any atom is -0.508 e. The number of rotatable bonds is 7. The highest BCUT2D eigenvalue weighted by atomic mass is 19.1. The highest BCUT2D eigenvalue weighted by Crippen LogP contribution is 2.12. The van der Waals surface area contributed by atoms with E-state index in [1.807, 2.05) is 6.07 Å². The Morgan fingerprint density at radius 1 is 1.14 bits per heavy atom. The number of hydrogen-bond acceptors (Lipinski definition) is 3. The molecule has 2 aromatic carbocycles. The van der Waals surface area contributed by atoms with Crippen LogP contribution in [0.2, 0.25) is 0 Å². The monoisotopic (exact) mass is 287 g/mol. The van der Waals surface area contributed by atoms with Crippen LogP contribution in [0.1, 0.15) is 22.3 Å². The molecule has 2 rings (SSSR count). The topological polar surface area (TPSA) is 49.3 Å². The molecule has 0 spiro atoms. The predicted octanol–water partition coefficient (Wildman–Crippen LogP) is 2.94. The number of Topliss-reactive ketones (excluding diaryl/α,β-unsaturated/α-hetero) is 1. The molecule has 0 aliphatic heterocycles. The molecular weight excluding hydrogens is 269 g/mol. The van der Waals surface area contributed by atoms with Crippen LogP contribution in [-0.4, -0.2) is 24.0 Å². The van der Waals surface area contributed by atoms with E-state index < -0.39 is 5.82 Å². The minimum absolute atomic E-state index is 0.123. The first-order valence-corrected chi connectivity index (χ1v) is 6.93. The van der Waals surface area contributed by atoms with Crippen LogP contribution in [0.5, 0.6) is 5.75 Å². The zero-order chi connectivity index (χ0) is 15.1. The summed E-state index contributed by atoms with van der Waals surface area (Å²) in [5.74, 6) is -0.468. The maximum absolute atomic E-state index is 13.4. The Balaban J connectivity index is 1.70. The molecule has 21 heavy (non-hydrogen) atoms. The minimum atomic E-state index is -0.482. The van der Waals surface area contributed by atoms with E-state index in [-0.39, 0.29) is 23.6 Å². The molecule has 0 atom stereocenters. The van der Waals surface area contributed by atoms with Crippen LogP contribution < -0.4 is 5.32 Å². The molecule has 0 fully saturated rings. The number of aryl methyl sites for hydroxylation is 1. The standard InChI is InChI=1S/C17H18FNO2/c18-16-9-2-1-8-15(16)17(21)12-19-10-4-6-13-5-3-7-14(20)11-13/h1-3,5,7-9,11,19-20H,4,6,10,12H2. The number of halogens is 1. The highest BCUT2D eigenvalue weighted by molar-refractivity contribution is 5.97. The van der Waals surface area contributed by atoms with Crippen molar-refractivity contribution in [2.45, 2.75) is 12.8 Å². The molecule has 0 aliphatic carbocycles. The van der Waals surface area contributed by atoms with Crippen molar-refractivity contribution in [3.05, 3.63) is 65.5 Å². The second-order valence-corrected chi connectivity index (χ2v) is 4.85. The van der Waals surface area contributed by atoms with Crippen molar-refractivity contribution in [3.63, 3.8) is 0 Å². The van der Waals surface area contributed by atoms with Gasteiger partial charge in [0.1, 0.15) is 11.6 Å². The molecule has 110 valence electrons. The van der Waals surface area contributed by atoms with Crippen molar-refractivity contribution in [2.24, 2.45) is 0 Å². The van der Waals surface area contributed by atoms with Crippen molar-refractivity contribution in [1.82, 2.24) is 5.32 Å². The summed E-state index contributed by atoms with van der Waals surface area (Å²) in [6, 6.07) is 13.1. The lowest BCUT2D eigenvalue weighted by Gasteiger charge is -2.05. The Kier molecular flexibility index (Phi) is 5.46. The van der Waals surface area contributed by atoms with E-state index in [1.165, 1.54) is 12.1 Å². The van der Waals surface area contributed by atoms with Gasteiger partial charge in [-0.25, -0.2) is 4.39 Å². The Morgan fingerprint density at radius 2 is 1.95 bits per heavy atom. The van der Waals surface area contributed by atoms with E-state index in [9.17, 15) is 14.3 Å². The van der Waals surface area contributed by atoms with Crippen molar-refractivity contribution in [1.29, 1.82) is 0 Å². The largest absolute Gasteiger partial charge is 0.508 e. The van der Waals surface area contributed by atoms with Crippen LogP contribution in [0.3, 0.4) is 0 Å².